The van der Waals surface area contributed by atoms with Crippen molar-refractivity contribution >= 4 is 56.5 Å². The van der Waals surface area contributed by atoms with Crippen molar-refractivity contribution in [3.8, 4) is 11.8 Å². The molecule has 0 saturated carbocycles. The van der Waals surface area contributed by atoms with Crippen LogP contribution < -0.4 is 4.74 Å². The number of nitrogens with zero attached hydrogens (tertiary/aromatic N) is 2. The van der Waals surface area contributed by atoms with E-state index in [-0.39, 0.29) is 5.69 Å². The predicted octanol–water partition coefficient (Wildman–Crippen LogP) is 7.31. The number of nitro groups is 1. The number of ether oxygens (including phenoxy) is 1. The molecule has 3 rings (SSSR count). The molecule has 0 radical (unpaired) electrons. The van der Waals surface area contributed by atoms with Gasteiger partial charge in [0.2, 0.25) is 0 Å². The van der Waals surface area contributed by atoms with Gasteiger partial charge >= 0.3 is 0 Å². The molecule has 150 valence electrons. The molecule has 0 aliphatic heterocycles. The molecule has 8 heteroatoms. The minimum absolute atomic E-state index is 0.0379. The lowest BCUT2D eigenvalue weighted by molar-refractivity contribution is -0.384. The molecule has 0 aromatic heterocycles. The quantitative estimate of drug-likeness (QED) is 0.153. The van der Waals surface area contributed by atoms with Crippen molar-refractivity contribution in [1.29, 1.82) is 5.26 Å². The number of non-ortho nitro benzene ring substituents is 1. The first-order valence-electron chi connectivity index (χ1n) is 8.60. The number of nitriles is 1. The van der Waals surface area contributed by atoms with Crippen LogP contribution in [-0.2, 0) is 6.61 Å². The SMILES string of the molecule is N#C/C(=C/c1cc(Cl)c(OCc2ccc(Cl)cc2)c(Br)c1)c1ccc([N+](=O)[O-])cc1. The molecular formula is C22H13BrCl2N2O3. The fourth-order valence-electron chi connectivity index (χ4n) is 2.65. The van der Waals surface area contributed by atoms with Crippen molar-refractivity contribution in [3.05, 3.63) is 102 Å². The minimum atomic E-state index is -0.487. The lowest BCUT2D eigenvalue weighted by Crippen LogP contribution is -1.97. The molecule has 5 nitrogen and oxygen atoms in total. The molecule has 0 bridgehead atoms. The average Bonchev–Trinajstić information content (AvgIpc) is 2.73. The highest BCUT2D eigenvalue weighted by molar-refractivity contribution is 9.10. The Balaban J connectivity index is 1.83. The highest BCUT2D eigenvalue weighted by atomic mass is 79.9. The summed E-state index contributed by atoms with van der Waals surface area (Å²) < 4.78 is 6.46. The van der Waals surface area contributed by atoms with E-state index in [1.165, 1.54) is 24.3 Å². The van der Waals surface area contributed by atoms with E-state index < -0.39 is 4.92 Å². The van der Waals surface area contributed by atoms with Crippen molar-refractivity contribution in [2.75, 3.05) is 0 Å². The Kier molecular flexibility index (Phi) is 7.11. The molecule has 0 aliphatic rings. The van der Waals surface area contributed by atoms with Gasteiger partial charge in [-0.05, 0) is 75.1 Å². The maximum atomic E-state index is 10.8. The van der Waals surface area contributed by atoms with Gasteiger partial charge in [-0.15, -0.1) is 0 Å². The molecule has 0 spiro atoms. The normalized spacial score (nSPS) is 11.1. The Bertz CT molecular complexity index is 1130. The Morgan fingerprint density at radius 2 is 1.80 bits per heavy atom. The van der Waals surface area contributed by atoms with Gasteiger partial charge in [0.15, 0.2) is 5.75 Å². The van der Waals surface area contributed by atoms with Crippen molar-refractivity contribution in [1.82, 2.24) is 0 Å². The van der Waals surface area contributed by atoms with Crippen LogP contribution in [0.4, 0.5) is 5.69 Å². The third-order valence-corrected chi connectivity index (χ3v) is 5.26. The van der Waals surface area contributed by atoms with E-state index in [1.807, 2.05) is 12.1 Å². The number of hydrogen-bond donors (Lipinski definition) is 0. The van der Waals surface area contributed by atoms with E-state index in [0.29, 0.717) is 43.6 Å². The molecular weight excluding hydrogens is 491 g/mol. The van der Waals surface area contributed by atoms with Gasteiger partial charge in [0, 0.05) is 17.2 Å². The van der Waals surface area contributed by atoms with Crippen molar-refractivity contribution in [3.63, 3.8) is 0 Å². The first-order valence-corrected chi connectivity index (χ1v) is 10.1. The van der Waals surface area contributed by atoms with E-state index in [9.17, 15) is 15.4 Å². The molecule has 0 unspecified atom stereocenters. The van der Waals surface area contributed by atoms with Gasteiger partial charge in [0.1, 0.15) is 6.61 Å². The fourth-order valence-corrected chi connectivity index (χ4v) is 3.76. The molecule has 0 fully saturated rings. The lowest BCUT2D eigenvalue weighted by Gasteiger charge is -2.11. The third kappa shape index (κ3) is 5.39. The first-order chi connectivity index (χ1) is 14.4. The lowest BCUT2D eigenvalue weighted by atomic mass is 10.0. The zero-order valence-corrected chi connectivity index (χ0v) is 18.4. The Morgan fingerprint density at radius 1 is 1.13 bits per heavy atom. The van der Waals surface area contributed by atoms with E-state index >= 15 is 0 Å². The standard InChI is InChI=1S/C22H13BrCl2N2O3/c23-20-10-15(9-17(12-26)16-3-7-19(8-4-16)27(28)29)11-21(25)22(20)30-13-14-1-5-18(24)6-2-14/h1-11H,13H2/b17-9-. The molecule has 0 atom stereocenters. The molecule has 0 aliphatic carbocycles. The third-order valence-electron chi connectivity index (χ3n) is 4.14. The summed E-state index contributed by atoms with van der Waals surface area (Å²) in [7, 11) is 0. The van der Waals surface area contributed by atoms with Crippen LogP contribution in [0.5, 0.6) is 5.75 Å². The van der Waals surface area contributed by atoms with E-state index in [2.05, 4.69) is 22.0 Å². The molecule has 30 heavy (non-hydrogen) atoms. The zero-order chi connectivity index (χ0) is 21.7. The van der Waals surface area contributed by atoms with E-state index in [0.717, 1.165) is 5.56 Å². The number of halogens is 3. The second-order valence-electron chi connectivity index (χ2n) is 6.20. The molecule has 3 aromatic rings. The second kappa shape index (κ2) is 9.77. The summed E-state index contributed by atoms with van der Waals surface area (Å²) in [6.45, 7) is 0.316. The zero-order valence-electron chi connectivity index (χ0n) is 15.3. The molecule has 0 N–H and O–H groups in total. The smallest absolute Gasteiger partial charge is 0.269 e. The highest BCUT2D eigenvalue weighted by Gasteiger charge is 2.11. The monoisotopic (exact) mass is 502 g/mol. The second-order valence-corrected chi connectivity index (χ2v) is 7.90. The summed E-state index contributed by atoms with van der Waals surface area (Å²) >= 11 is 15.7. The molecule has 0 amide bonds. The van der Waals surface area contributed by atoms with Crippen LogP contribution in [0.25, 0.3) is 11.6 Å². The Morgan fingerprint density at radius 3 is 2.37 bits per heavy atom. The van der Waals surface area contributed by atoms with Crippen LogP contribution in [0, 0.1) is 21.4 Å². The van der Waals surface area contributed by atoms with E-state index in [4.69, 9.17) is 27.9 Å². The van der Waals surface area contributed by atoms with Gasteiger partial charge < -0.3 is 4.74 Å². The van der Waals surface area contributed by atoms with Crippen LogP contribution in [0.15, 0.2) is 65.1 Å². The number of hydrogen-bond acceptors (Lipinski definition) is 4. The fraction of sp³-hybridized carbons (Fsp3) is 0.0455. The largest absolute Gasteiger partial charge is 0.486 e. The van der Waals surface area contributed by atoms with Gasteiger partial charge in [0.25, 0.3) is 5.69 Å². The van der Waals surface area contributed by atoms with Crippen LogP contribution in [0.3, 0.4) is 0 Å². The van der Waals surface area contributed by atoms with Crippen LogP contribution >= 0.6 is 39.1 Å². The number of nitro benzene ring substituents is 1. The summed E-state index contributed by atoms with van der Waals surface area (Å²) in [6, 6.07) is 18.7. The van der Waals surface area contributed by atoms with Crippen LogP contribution in [0.1, 0.15) is 16.7 Å². The van der Waals surface area contributed by atoms with Crippen LogP contribution in [0.2, 0.25) is 10.0 Å². The van der Waals surface area contributed by atoms with Crippen LogP contribution in [-0.4, -0.2) is 4.92 Å². The van der Waals surface area contributed by atoms with Gasteiger partial charge in [0.05, 0.1) is 26.1 Å². The molecule has 0 saturated heterocycles. The summed E-state index contributed by atoms with van der Waals surface area (Å²) in [6.07, 6.45) is 1.65. The van der Waals surface area contributed by atoms with Crippen molar-refractivity contribution in [2.45, 2.75) is 6.61 Å². The van der Waals surface area contributed by atoms with Gasteiger partial charge in [-0.2, -0.15) is 5.26 Å². The van der Waals surface area contributed by atoms with Gasteiger partial charge in [-0.3, -0.25) is 10.1 Å². The number of rotatable bonds is 6. The summed E-state index contributed by atoms with van der Waals surface area (Å²) in [5.74, 6) is 0.484. The van der Waals surface area contributed by atoms with E-state index in [1.54, 1.807) is 30.3 Å². The molecule has 3 aromatic carbocycles. The Labute approximate surface area is 191 Å². The number of allylic oxidation sites excluding steroid dienone is 1. The minimum Gasteiger partial charge on any atom is -0.486 e. The average molecular weight is 504 g/mol. The highest BCUT2D eigenvalue weighted by Crippen LogP contribution is 2.36. The summed E-state index contributed by atoms with van der Waals surface area (Å²) in [4.78, 5) is 10.3. The maximum absolute atomic E-state index is 10.8. The number of benzene rings is 3. The summed E-state index contributed by atoms with van der Waals surface area (Å²) in [5, 5.41) is 21.3. The van der Waals surface area contributed by atoms with Crippen molar-refractivity contribution in [2.24, 2.45) is 0 Å². The molecule has 0 heterocycles. The predicted molar refractivity (Wildman–Crippen MR) is 122 cm³/mol. The van der Waals surface area contributed by atoms with Gasteiger partial charge in [-0.1, -0.05) is 35.3 Å². The van der Waals surface area contributed by atoms with Crippen molar-refractivity contribution < 1.29 is 9.66 Å². The van der Waals surface area contributed by atoms with Gasteiger partial charge in [-0.25, -0.2) is 0 Å². The maximum Gasteiger partial charge on any atom is 0.269 e. The topological polar surface area (TPSA) is 76.2 Å². The summed E-state index contributed by atoms with van der Waals surface area (Å²) in [5.41, 5.74) is 2.50. The first kappa shape index (κ1) is 21.8. The Hall–Kier alpha value is -2.85.